The Labute approximate surface area is 225 Å². The van der Waals surface area contributed by atoms with E-state index in [1.165, 1.54) is 5.56 Å². The number of nitrogens with one attached hydrogen (secondary N) is 1. The SMILES string of the molecule is CCOc1cc(C(C)(C)C)ccc1C1=N[C@@](CC)(c2ccc(Cl)cc2)[C@@](CC)(c2ccc(Cl)cc2)N1. The zero-order chi connectivity index (χ0) is 26.1. The summed E-state index contributed by atoms with van der Waals surface area (Å²) in [7, 11) is 0. The van der Waals surface area contributed by atoms with Crippen molar-refractivity contribution in [1.82, 2.24) is 5.32 Å². The lowest BCUT2D eigenvalue weighted by molar-refractivity contribution is 0.205. The summed E-state index contributed by atoms with van der Waals surface area (Å²) in [5.74, 6) is 1.69. The number of benzene rings is 3. The van der Waals surface area contributed by atoms with E-state index < -0.39 is 11.1 Å². The van der Waals surface area contributed by atoms with Crippen molar-refractivity contribution < 1.29 is 4.74 Å². The summed E-state index contributed by atoms with van der Waals surface area (Å²) in [4.78, 5) is 5.52. The van der Waals surface area contributed by atoms with Gasteiger partial charge in [0.15, 0.2) is 0 Å². The topological polar surface area (TPSA) is 33.6 Å². The van der Waals surface area contributed by atoms with E-state index in [-0.39, 0.29) is 5.41 Å². The number of hydrogen-bond donors (Lipinski definition) is 1. The summed E-state index contributed by atoms with van der Waals surface area (Å²) in [6.07, 6.45) is 1.62. The van der Waals surface area contributed by atoms with Gasteiger partial charge in [-0.25, -0.2) is 0 Å². The molecule has 1 heterocycles. The second kappa shape index (κ2) is 10.1. The van der Waals surface area contributed by atoms with Crippen LogP contribution in [0.25, 0.3) is 0 Å². The Kier molecular flexibility index (Phi) is 7.46. The van der Waals surface area contributed by atoms with E-state index in [9.17, 15) is 0 Å². The second-order valence-corrected chi connectivity index (χ2v) is 11.3. The van der Waals surface area contributed by atoms with Gasteiger partial charge >= 0.3 is 0 Å². The van der Waals surface area contributed by atoms with Gasteiger partial charge in [0.2, 0.25) is 0 Å². The molecule has 3 aromatic carbocycles. The van der Waals surface area contributed by atoms with Crippen LogP contribution in [0.1, 0.15) is 76.6 Å². The fourth-order valence-corrected chi connectivity index (χ4v) is 5.71. The molecule has 4 rings (SSSR count). The molecule has 1 N–H and O–H groups in total. The number of aliphatic imine (C=N–C) groups is 1. The quantitative estimate of drug-likeness (QED) is 0.336. The van der Waals surface area contributed by atoms with Crippen molar-refractivity contribution in [3.63, 3.8) is 0 Å². The molecule has 0 saturated heterocycles. The fraction of sp³-hybridized carbons (Fsp3) is 0.387. The molecule has 1 aliphatic heterocycles. The first kappa shape index (κ1) is 26.6. The van der Waals surface area contributed by atoms with Crippen LogP contribution in [-0.2, 0) is 16.5 Å². The first-order chi connectivity index (χ1) is 17.1. The van der Waals surface area contributed by atoms with Crippen LogP contribution in [0, 0.1) is 0 Å². The highest BCUT2D eigenvalue weighted by atomic mass is 35.5. The van der Waals surface area contributed by atoms with E-state index in [1.54, 1.807) is 0 Å². The van der Waals surface area contributed by atoms with Gasteiger partial charge in [0.05, 0.1) is 17.7 Å². The van der Waals surface area contributed by atoms with Gasteiger partial charge in [-0.3, -0.25) is 4.99 Å². The predicted octanol–water partition coefficient (Wildman–Crippen LogP) is 8.65. The molecule has 0 aliphatic carbocycles. The molecule has 190 valence electrons. The highest BCUT2D eigenvalue weighted by molar-refractivity contribution is 6.30. The van der Waals surface area contributed by atoms with E-state index in [1.807, 2.05) is 31.2 Å². The lowest BCUT2D eigenvalue weighted by Crippen LogP contribution is -2.53. The van der Waals surface area contributed by atoms with E-state index in [4.69, 9.17) is 32.9 Å². The molecule has 0 spiro atoms. The number of ether oxygens (including phenoxy) is 1. The maximum Gasteiger partial charge on any atom is 0.133 e. The molecule has 0 aromatic heterocycles. The Bertz CT molecular complexity index is 1250. The summed E-state index contributed by atoms with van der Waals surface area (Å²) >= 11 is 12.6. The van der Waals surface area contributed by atoms with Gasteiger partial charge < -0.3 is 10.1 Å². The minimum atomic E-state index is -0.554. The van der Waals surface area contributed by atoms with Gasteiger partial charge in [-0.15, -0.1) is 0 Å². The predicted molar refractivity (Wildman–Crippen MR) is 153 cm³/mol. The fourth-order valence-electron chi connectivity index (χ4n) is 5.46. The third kappa shape index (κ3) is 4.53. The van der Waals surface area contributed by atoms with Crippen LogP contribution in [0.15, 0.2) is 71.7 Å². The molecule has 3 aromatic rings. The van der Waals surface area contributed by atoms with Crippen molar-refractivity contribution in [2.45, 2.75) is 70.9 Å². The van der Waals surface area contributed by atoms with Crippen molar-refractivity contribution in [2.24, 2.45) is 4.99 Å². The Balaban J connectivity index is 1.97. The van der Waals surface area contributed by atoms with E-state index in [0.717, 1.165) is 41.1 Å². The maximum absolute atomic E-state index is 6.30. The molecular formula is C31H36Cl2N2O. The molecule has 36 heavy (non-hydrogen) atoms. The first-order valence-electron chi connectivity index (χ1n) is 12.8. The molecule has 1 aliphatic rings. The van der Waals surface area contributed by atoms with Gasteiger partial charge in [-0.05, 0) is 78.3 Å². The van der Waals surface area contributed by atoms with Gasteiger partial charge in [0, 0.05) is 10.0 Å². The van der Waals surface area contributed by atoms with Crippen LogP contribution in [0.5, 0.6) is 5.75 Å². The first-order valence-corrected chi connectivity index (χ1v) is 13.5. The van der Waals surface area contributed by atoms with Crippen LogP contribution in [0.4, 0.5) is 0 Å². The molecule has 2 atom stereocenters. The normalized spacial score (nSPS) is 21.7. The molecular weight excluding hydrogens is 487 g/mol. The highest BCUT2D eigenvalue weighted by Crippen LogP contribution is 2.52. The van der Waals surface area contributed by atoms with Gasteiger partial charge in [-0.2, -0.15) is 0 Å². The standard InChI is InChI=1S/C31H36Cl2N2O/c1-7-30(21-10-15-24(32)16-11-21)31(8-2,22-12-17-25(33)18-13-22)35-28(34-30)26-19-14-23(29(4,5)6)20-27(26)36-9-3/h10-20H,7-9H2,1-6H3,(H,34,35)/t30-,31+. The number of rotatable bonds is 7. The van der Waals surface area contributed by atoms with Crippen molar-refractivity contribution in [2.75, 3.05) is 6.61 Å². The zero-order valence-corrected chi connectivity index (χ0v) is 23.6. The van der Waals surface area contributed by atoms with Crippen LogP contribution in [0.2, 0.25) is 10.0 Å². The molecule has 3 nitrogen and oxygen atoms in total. The van der Waals surface area contributed by atoms with Crippen molar-refractivity contribution in [1.29, 1.82) is 0 Å². The van der Waals surface area contributed by atoms with Crippen LogP contribution >= 0.6 is 23.2 Å². The Morgan fingerprint density at radius 3 is 1.89 bits per heavy atom. The van der Waals surface area contributed by atoms with Crippen molar-refractivity contribution in [3.8, 4) is 5.75 Å². The van der Waals surface area contributed by atoms with Crippen LogP contribution in [-0.4, -0.2) is 12.4 Å². The smallest absolute Gasteiger partial charge is 0.133 e. The largest absolute Gasteiger partial charge is 0.493 e. The Morgan fingerprint density at radius 2 is 1.39 bits per heavy atom. The molecule has 0 amide bonds. The summed E-state index contributed by atoms with van der Waals surface area (Å²) in [5, 5.41) is 5.34. The summed E-state index contributed by atoms with van der Waals surface area (Å²) in [6.45, 7) is 13.7. The summed E-state index contributed by atoms with van der Waals surface area (Å²) < 4.78 is 6.18. The van der Waals surface area contributed by atoms with Crippen molar-refractivity contribution in [3.05, 3.63) is 99.0 Å². The Morgan fingerprint density at radius 1 is 0.806 bits per heavy atom. The molecule has 0 radical (unpaired) electrons. The molecule has 0 fully saturated rings. The van der Waals surface area contributed by atoms with Gasteiger partial charge in [0.1, 0.15) is 17.1 Å². The number of hydrogen-bond acceptors (Lipinski definition) is 3. The summed E-state index contributed by atoms with van der Waals surface area (Å²) in [6, 6.07) is 22.8. The van der Waals surface area contributed by atoms with E-state index in [2.05, 4.69) is 82.4 Å². The maximum atomic E-state index is 6.30. The Hall–Kier alpha value is -2.49. The van der Waals surface area contributed by atoms with E-state index in [0.29, 0.717) is 16.7 Å². The number of nitrogens with zero attached hydrogens (tertiary/aromatic N) is 1. The minimum absolute atomic E-state index is 0.0161. The van der Waals surface area contributed by atoms with Crippen LogP contribution < -0.4 is 10.1 Å². The average molecular weight is 524 g/mol. The van der Waals surface area contributed by atoms with Crippen molar-refractivity contribution >= 4 is 29.0 Å². The third-order valence-corrected chi connectivity index (χ3v) is 7.95. The monoisotopic (exact) mass is 522 g/mol. The van der Waals surface area contributed by atoms with E-state index >= 15 is 0 Å². The third-order valence-electron chi connectivity index (χ3n) is 7.44. The zero-order valence-electron chi connectivity index (χ0n) is 22.1. The molecule has 0 saturated carbocycles. The average Bonchev–Trinajstić information content (AvgIpc) is 3.21. The molecule has 0 bridgehead atoms. The second-order valence-electron chi connectivity index (χ2n) is 10.5. The lowest BCUT2D eigenvalue weighted by Gasteiger charge is -2.44. The highest BCUT2D eigenvalue weighted by Gasteiger charge is 2.56. The lowest BCUT2D eigenvalue weighted by atomic mass is 9.66. The minimum Gasteiger partial charge on any atom is -0.493 e. The molecule has 5 heteroatoms. The number of halogens is 2. The summed E-state index contributed by atoms with van der Waals surface area (Å²) in [5.41, 5.74) is 3.45. The molecule has 0 unspecified atom stereocenters. The number of amidine groups is 1. The van der Waals surface area contributed by atoms with Gasteiger partial charge in [0.25, 0.3) is 0 Å². The van der Waals surface area contributed by atoms with Crippen LogP contribution in [0.3, 0.4) is 0 Å². The van der Waals surface area contributed by atoms with Gasteiger partial charge in [-0.1, -0.05) is 88.2 Å².